The van der Waals surface area contributed by atoms with Crippen LogP contribution in [-0.2, 0) is 6.42 Å². The number of rotatable bonds is 0. The van der Waals surface area contributed by atoms with Gasteiger partial charge in [0, 0.05) is 23.9 Å². The number of para-hydroxylation sites is 1. The van der Waals surface area contributed by atoms with Gasteiger partial charge in [-0.2, -0.15) is 4.98 Å². The standard InChI is InChI=1S/C11H9N3O/c15-11-12-6-8-5-7-3-1-2-4-9(7)13-10(8)14-11/h1-4,6H,5H2,(H2,12,13,14,15). The molecule has 4 heteroatoms. The summed E-state index contributed by atoms with van der Waals surface area (Å²) in [7, 11) is 0. The van der Waals surface area contributed by atoms with E-state index in [9.17, 15) is 4.79 Å². The second-order valence-corrected chi connectivity index (χ2v) is 3.54. The van der Waals surface area contributed by atoms with Gasteiger partial charge in [-0.05, 0) is 11.6 Å². The number of nitrogens with zero attached hydrogens (tertiary/aromatic N) is 1. The van der Waals surface area contributed by atoms with Crippen molar-refractivity contribution in [3.63, 3.8) is 0 Å². The lowest BCUT2D eigenvalue weighted by molar-refractivity contribution is 1.00. The summed E-state index contributed by atoms with van der Waals surface area (Å²) in [6, 6.07) is 8.02. The molecular formula is C11H9N3O. The number of aromatic amines is 1. The fourth-order valence-electron chi connectivity index (χ4n) is 1.79. The number of H-pyrrole nitrogens is 1. The normalized spacial score (nSPS) is 12.5. The van der Waals surface area contributed by atoms with Crippen molar-refractivity contribution in [2.45, 2.75) is 6.42 Å². The van der Waals surface area contributed by atoms with Crippen LogP contribution in [0, 0.1) is 0 Å². The number of benzene rings is 1. The molecule has 0 atom stereocenters. The van der Waals surface area contributed by atoms with Crippen LogP contribution in [0.3, 0.4) is 0 Å². The maximum absolute atomic E-state index is 11.0. The number of nitrogens with one attached hydrogen (secondary N) is 2. The zero-order valence-electron chi connectivity index (χ0n) is 7.95. The molecule has 0 unspecified atom stereocenters. The summed E-state index contributed by atoms with van der Waals surface area (Å²) in [5.41, 5.74) is 2.95. The van der Waals surface area contributed by atoms with Crippen LogP contribution in [0.15, 0.2) is 35.3 Å². The molecule has 0 saturated heterocycles. The van der Waals surface area contributed by atoms with E-state index in [2.05, 4.69) is 21.4 Å². The van der Waals surface area contributed by atoms with Gasteiger partial charge in [0.25, 0.3) is 0 Å². The van der Waals surface area contributed by atoms with E-state index in [0.29, 0.717) is 5.82 Å². The Balaban J connectivity index is 2.15. The molecule has 0 radical (unpaired) electrons. The van der Waals surface area contributed by atoms with Gasteiger partial charge in [0.15, 0.2) is 0 Å². The lowest BCUT2D eigenvalue weighted by Crippen LogP contribution is -2.17. The van der Waals surface area contributed by atoms with Gasteiger partial charge in [0.05, 0.1) is 0 Å². The molecule has 1 aromatic heterocycles. The van der Waals surface area contributed by atoms with Gasteiger partial charge in [-0.25, -0.2) is 4.79 Å². The molecule has 2 N–H and O–H groups in total. The number of hydrogen-bond acceptors (Lipinski definition) is 3. The molecule has 0 spiro atoms. The molecule has 1 aliphatic heterocycles. The Morgan fingerprint density at radius 3 is 3.00 bits per heavy atom. The first-order valence-corrected chi connectivity index (χ1v) is 4.76. The zero-order chi connectivity index (χ0) is 10.3. The Morgan fingerprint density at radius 2 is 2.07 bits per heavy atom. The van der Waals surface area contributed by atoms with Crippen molar-refractivity contribution in [3.8, 4) is 0 Å². The number of aromatic nitrogens is 2. The highest BCUT2D eigenvalue weighted by molar-refractivity contribution is 5.67. The van der Waals surface area contributed by atoms with Gasteiger partial charge < -0.3 is 10.3 Å². The molecule has 2 aromatic rings. The Morgan fingerprint density at radius 1 is 1.20 bits per heavy atom. The second kappa shape index (κ2) is 2.95. The van der Waals surface area contributed by atoms with E-state index >= 15 is 0 Å². The molecule has 1 aliphatic rings. The topological polar surface area (TPSA) is 57.8 Å². The predicted molar refractivity (Wildman–Crippen MR) is 57.4 cm³/mol. The predicted octanol–water partition coefficient (Wildman–Crippen LogP) is 1.42. The first kappa shape index (κ1) is 8.23. The van der Waals surface area contributed by atoms with Crippen molar-refractivity contribution >= 4 is 11.5 Å². The van der Waals surface area contributed by atoms with Crippen LogP contribution in [0.4, 0.5) is 11.5 Å². The number of fused-ring (bicyclic) bond motifs is 2. The minimum atomic E-state index is -0.319. The summed E-state index contributed by atoms with van der Waals surface area (Å²) in [5, 5.41) is 3.15. The Kier molecular flexibility index (Phi) is 1.62. The van der Waals surface area contributed by atoms with Gasteiger partial charge in [0.2, 0.25) is 0 Å². The SMILES string of the molecule is O=c1nc2c(c[nH]1)Cc1ccccc1N2. The Labute approximate surface area is 86.0 Å². The molecule has 0 bridgehead atoms. The number of anilines is 2. The van der Waals surface area contributed by atoms with Crippen LogP contribution in [0.5, 0.6) is 0 Å². The average Bonchev–Trinajstić information content (AvgIpc) is 2.26. The lowest BCUT2D eigenvalue weighted by atomic mass is 10.0. The van der Waals surface area contributed by atoms with E-state index < -0.39 is 0 Å². The quantitative estimate of drug-likeness (QED) is 0.575. The van der Waals surface area contributed by atoms with Gasteiger partial charge >= 0.3 is 5.69 Å². The smallest absolute Gasteiger partial charge is 0.340 e. The summed E-state index contributed by atoms with van der Waals surface area (Å²) in [5.74, 6) is 0.664. The average molecular weight is 199 g/mol. The number of hydrogen-bond donors (Lipinski definition) is 2. The van der Waals surface area contributed by atoms with Crippen molar-refractivity contribution in [1.29, 1.82) is 0 Å². The third-order valence-electron chi connectivity index (χ3n) is 2.54. The summed E-state index contributed by atoms with van der Waals surface area (Å²) in [6.45, 7) is 0. The van der Waals surface area contributed by atoms with Crippen LogP contribution in [-0.4, -0.2) is 9.97 Å². The van der Waals surface area contributed by atoms with Crippen LogP contribution >= 0.6 is 0 Å². The van der Waals surface area contributed by atoms with E-state index in [1.165, 1.54) is 5.56 Å². The van der Waals surface area contributed by atoms with Crippen LogP contribution < -0.4 is 11.0 Å². The maximum atomic E-state index is 11.0. The van der Waals surface area contributed by atoms with Crippen molar-refractivity contribution in [2.75, 3.05) is 5.32 Å². The van der Waals surface area contributed by atoms with Crippen LogP contribution in [0.1, 0.15) is 11.1 Å². The first-order chi connectivity index (χ1) is 7.33. The third-order valence-corrected chi connectivity index (χ3v) is 2.54. The van der Waals surface area contributed by atoms with Crippen molar-refractivity contribution in [3.05, 3.63) is 52.1 Å². The lowest BCUT2D eigenvalue weighted by Gasteiger charge is -2.19. The minimum Gasteiger partial charge on any atom is -0.340 e. The molecule has 1 aromatic carbocycles. The fourth-order valence-corrected chi connectivity index (χ4v) is 1.79. The summed E-state index contributed by atoms with van der Waals surface area (Å²) in [4.78, 5) is 17.5. The maximum Gasteiger partial charge on any atom is 0.346 e. The molecule has 0 aliphatic carbocycles. The Hall–Kier alpha value is -2.10. The summed E-state index contributed by atoms with van der Waals surface area (Å²) < 4.78 is 0. The molecule has 0 fully saturated rings. The summed E-state index contributed by atoms with van der Waals surface area (Å²) >= 11 is 0. The first-order valence-electron chi connectivity index (χ1n) is 4.76. The van der Waals surface area contributed by atoms with Crippen molar-refractivity contribution in [2.24, 2.45) is 0 Å². The van der Waals surface area contributed by atoms with Crippen molar-refractivity contribution in [1.82, 2.24) is 9.97 Å². The Bertz CT molecular complexity index is 574. The second-order valence-electron chi connectivity index (χ2n) is 3.54. The molecule has 0 saturated carbocycles. The fraction of sp³-hybridized carbons (Fsp3) is 0.0909. The van der Waals surface area contributed by atoms with E-state index in [1.54, 1.807) is 6.20 Å². The van der Waals surface area contributed by atoms with Crippen LogP contribution in [0.25, 0.3) is 0 Å². The highest BCUT2D eigenvalue weighted by Gasteiger charge is 2.15. The van der Waals surface area contributed by atoms with E-state index in [4.69, 9.17) is 0 Å². The van der Waals surface area contributed by atoms with Gasteiger partial charge in [-0.1, -0.05) is 18.2 Å². The molecule has 4 nitrogen and oxygen atoms in total. The van der Waals surface area contributed by atoms with Gasteiger partial charge in [-0.15, -0.1) is 0 Å². The third kappa shape index (κ3) is 1.30. The molecule has 2 heterocycles. The molecular weight excluding hydrogens is 190 g/mol. The van der Waals surface area contributed by atoms with E-state index in [0.717, 1.165) is 17.7 Å². The van der Waals surface area contributed by atoms with E-state index in [-0.39, 0.29) is 5.69 Å². The van der Waals surface area contributed by atoms with Crippen molar-refractivity contribution < 1.29 is 0 Å². The highest BCUT2D eigenvalue weighted by Crippen LogP contribution is 2.29. The molecule has 3 rings (SSSR count). The monoisotopic (exact) mass is 199 g/mol. The largest absolute Gasteiger partial charge is 0.346 e. The molecule has 15 heavy (non-hydrogen) atoms. The molecule has 74 valence electrons. The van der Waals surface area contributed by atoms with Gasteiger partial charge in [0.1, 0.15) is 5.82 Å². The van der Waals surface area contributed by atoms with E-state index in [1.807, 2.05) is 18.2 Å². The zero-order valence-corrected chi connectivity index (χ0v) is 7.95. The van der Waals surface area contributed by atoms with Crippen LogP contribution in [0.2, 0.25) is 0 Å². The highest BCUT2D eigenvalue weighted by atomic mass is 16.1. The minimum absolute atomic E-state index is 0.319. The van der Waals surface area contributed by atoms with Gasteiger partial charge in [-0.3, -0.25) is 0 Å². The summed E-state index contributed by atoms with van der Waals surface area (Å²) in [6.07, 6.45) is 2.52. The molecule has 0 amide bonds.